The first-order chi connectivity index (χ1) is 8.04. The van der Waals surface area contributed by atoms with Gasteiger partial charge in [-0.3, -0.25) is 0 Å². The van der Waals surface area contributed by atoms with Crippen LogP contribution in [0.25, 0.3) is 0 Å². The highest BCUT2D eigenvalue weighted by Crippen LogP contribution is 2.25. The van der Waals surface area contributed by atoms with Crippen LogP contribution in [0, 0.1) is 0 Å². The van der Waals surface area contributed by atoms with Crippen molar-refractivity contribution in [3.8, 4) is 5.75 Å². The largest absolute Gasteiger partial charge is 0.496 e. The van der Waals surface area contributed by atoms with Crippen LogP contribution in [-0.4, -0.2) is 19.3 Å². The molecule has 0 aliphatic carbocycles. The molecule has 0 aliphatic rings. The number of methoxy groups -OCH3 is 1. The zero-order valence-electron chi connectivity index (χ0n) is 10.1. The second kappa shape index (κ2) is 6.35. The molecule has 0 saturated heterocycles. The summed E-state index contributed by atoms with van der Waals surface area (Å²) in [6.45, 7) is 3.85. The molecule has 17 heavy (non-hydrogen) atoms. The Kier molecular flexibility index (Phi) is 5.10. The molecule has 4 nitrogen and oxygen atoms in total. The van der Waals surface area contributed by atoms with E-state index in [-0.39, 0.29) is 12.6 Å². The second-order valence-corrected chi connectivity index (χ2v) is 4.14. The minimum Gasteiger partial charge on any atom is -0.496 e. The van der Waals surface area contributed by atoms with E-state index in [1.165, 1.54) is 0 Å². The summed E-state index contributed by atoms with van der Waals surface area (Å²) in [5.74, 6) is 0.641. The van der Waals surface area contributed by atoms with Crippen molar-refractivity contribution in [1.82, 2.24) is 5.32 Å². The van der Waals surface area contributed by atoms with E-state index in [1.807, 2.05) is 0 Å². The summed E-state index contributed by atoms with van der Waals surface area (Å²) in [6, 6.07) is 5.32. The van der Waals surface area contributed by atoms with Gasteiger partial charge < -0.3 is 14.8 Å². The quantitative estimate of drug-likeness (QED) is 0.902. The molecular formula is C12H16ClNO3. The van der Waals surface area contributed by atoms with Gasteiger partial charge in [0.15, 0.2) is 0 Å². The third-order valence-corrected chi connectivity index (χ3v) is 2.40. The van der Waals surface area contributed by atoms with Gasteiger partial charge in [-0.15, -0.1) is 0 Å². The fourth-order valence-electron chi connectivity index (χ4n) is 1.32. The molecule has 0 atom stereocenters. The lowest BCUT2D eigenvalue weighted by Crippen LogP contribution is -2.26. The van der Waals surface area contributed by atoms with Crippen LogP contribution in [0.1, 0.15) is 19.4 Å². The Balaban J connectivity index is 2.65. The molecule has 5 heteroatoms. The predicted octanol–water partition coefficient (Wildman–Crippen LogP) is 2.98. The molecule has 1 amide bonds. The van der Waals surface area contributed by atoms with Gasteiger partial charge in [-0.1, -0.05) is 17.7 Å². The van der Waals surface area contributed by atoms with Crippen molar-refractivity contribution < 1.29 is 14.3 Å². The van der Waals surface area contributed by atoms with E-state index in [0.29, 0.717) is 10.8 Å². The molecule has 1 rings (SSSR count). The van der Waals surface area contributed by atoms with E-state index in [4.69, 9.17) is 21.1 Å². The molecule has 0 fully saturated rings. The minimum absolute atomic E-state index is 0.150. The lowest BCUT2D eigenvalue weighted by atomic mass is 10.2. The third-order valence-electron chi connectivity index (χ3n) is 2.05. The van der Waals surface area contributed by atoms with Gasteiger partial charge in [0, 0.05) is 10.6 Å². The Bertz CT molecular complexity index is 393. The number of amides is 1. The number of halogens is 1. The summed E-state index contributed by atoms with van der Waals surface area (Å²) in [6.07, 6.45) is -0.620. The second-order valence-electron chi connectivity index (χ2n) is 3.73. The first-order valence-corrected chi connectivity index (χ1v) is 5.68. The van der Waals surface area contributed by atoms with Crippen LogP contribution in [-0.2, 0) is 11.3 Å². The molecule has 0 heterocycles. The van der Waals surface area contributed by atoms with Gasteiger partial charge in [-0.05, 0) is 26.0 Å². The zero-order valence-corrected chi connectivity index (χ0v) is 10.9. The minimum atomic E-state index is -0.470. The Morgan fingerprint density at radius 1 is 1.47 bits per heavy atom. The molecule has 0 spiro atoms. The molecule has 1 aromatic rings. The molecular weight excluding hydrogens is 242 g/mol. The zero-order chi connectivity index (χ0) is 12.8. The third kappa shape index (κ3) is 4.15. The highest BCUT2D eigenvalue weighted by atomic mass is 35.5. The normalized spacial score (nSPS) is 10.2. The predicted molar refractivity (Wildman–Crippen MR) is 66.5 cm³/mol. The first kappa shape index (κ1) is 13.6. The molecule has 0 aliphatic heterocycles. The number of benzene rings is 1. The average Bonchev–Trinajstić information content (AvgIpc) is 2.26. The summed E-state index contributed by atoms with van der Waals surface area (Å²) < 4.78 is 10.1. The van der Waals surface area contributed by atoms with Gasteiger partial charge in [0.05, 0.1) is 19.8 Å². The molecule has 1 aromatic carbocycles. The van der Waals surface area contributed by atoms with Crippen molar-refractivity contribution >= 4 is 17.7 Å². The van der Waals surface area contributed by atoms with E-state index >= 15 is 0 Å². The fraction of sp³-hybridized carbons (Fsp3) is 0.417. The lowest BCUT2D eigenvalue weighted by Gasteiger charge is -2.12. The smallest absolute Gasteiger partial charge is 0.407 e. The molecule has 1 N–H and O–H groups in total. The number of nitrogens with one attached hydrogen (secondary N) is 1. The summed E-state index contributed by atoms with van der Waals surface area (Å²) in [5.41, 5.74) is 0.734. The highest BCUT2D eigenvalue weighted by molar-refractivity contribution is 6.31. The topological polar surface area (TPSA) is 47.6 Å². The van der Waals surface area contributed by atoms with E-state index < -0.39 is 6.09 Å². The molecule has 0 unspecified atom stereocenters. The van der Waals surface area contributed by atoms with Crippen LogP contribution < -0.4 is 10.1 Å². The fourth-order valence-corrected chi connectivity index (χ4v) is 1.55. The maximum Gasteiger partial charge on any atom is 0.407 e. The van der Waals surface area contributed by atoms with E-state index in [9.17, 15) is 4.79 Å². The molecule has 0 bridgehead atoms. The van der Waals surface area contributed by atoms with E-state index in [2.05, 4.69) is 5.32 Å². The number of hydrogen-bond donors (Lipinski definition) is 1. The van der Waals surface area contributed by atoms with Crippen molar-refractivity contribution in [3.05, 3.63) is 28.8 Å². The molecule has 0 saturated carbocycles. The van der Waals surface area contributed by atoms with E-state index in [0.717, 1.165) is 5.56 Å². The van der Waals surface area contributed by atoms with Crippen molar-refractivity contribution in [3.63, 3.8) is 0 Å². The SMILES string of the molecule is COc1cccc(Cl)c1CNC(=O)OC(C)C. The summed E-state index contributed by atoms with van der Waals surface area (Å²) >= 11 is 6.03. The number of carbonyl (C=O) groups excluding carboxylic acids is 1. The Morgan fingerprint density at radius 2 is 2.18 bits per heavy atom. The summed E-state index contributed by atoms with van der Waals surface area (Å²) in [5, 5.41) is 3.17. The van der Waals surface area contributed by atoms with Crippen LogP contribution in [0.15, 0.2) is 18.2 Å². The first-order valence-electron chi connectivity index (χ1n) is 5.30. The Hall–Kier alpha value is -1.42. The maximum absolute atomic E-state index is 11.3. The van der Waals surface area contributed by atoms with E-state index in [1.54, 1.807) is 39.2 Å². The molecule has 0 radical (unpaired) electrons. The average molecular weight is 258 g/mol. The maximum atomic E-state index is 11.3. The number of carbonyl (C=O) groups is 1. The van der Waals surface area contributed by atoms with Gasteiger partial charge in [0.1, 0.15) is 5.75 Å². The number of rotatable bonds is 4. The molecule has 0 aromatic heterocycles. The summed E-state index contributed by atoms with van der Waals surface area (Å²) in [4.78, 5) is 11.3. The van der Waals surface area contributed by atoms with Crippen molar-refractivity contribution in [2.24, 2.45) is 0 Å². The monoisotopic (exact) mass is 257 g/mol. The summed E-state index contributed by atoms with van der Waals surface area (Å²) in [7, 11) is 1.56. The lowest BCUT2D eigenvalue weighted by molar-refractivity contribution is 0.115. The Morgan fingerprint density at radius 3 is 2.76 bits per heavy atom. The van der Waals surface area contributed by atoms with Crippen molar-refractivity contribution in [2.45, 2.75) is 26.5 Å². The van der Waals surface area contributed by atoms with Gasteiger partial charge in [-0.25, -0.2) is 4.79 Å². The number of alkyl carbamates (subject to hydrolysis) is 1. The molecule has 94 valence electrons. The number of hydrogen-bond acceptors (Lipinski definition) is 3. The van der Waals surface area contributed by atoms with Crippen LogP contribution >= 0.6 is 11.6 Å². The Labute approximate surface area is 106 Å². The van der Waals surface area contributed by atoms with Gasteiger partial charge in [0.25, 0.3) is 0 Å². The van der Waals surface area contributed by atoms with Crippen molar-refractivity contribution in [1.29, 1.82) is 0 Å². The van der Waals surface area contributed by atoms with Crippen LogP contribution in [0.2, 0.25) is 5.02 Å². The van der Waals surface area contributed by atoms with Crippen molar-refractivity contribution in [2.75, 3.05) is 7.11 Å². The standard InChI is InChI=1S/C12H16ClNO3/c1-8(2)17-12(15)14-7-9-10(13)5-4-6-11(9)16-3/h4-6,8H,7H2,1-3H3,(H,14,15). The number of ether oxygens (including phenoxy) is 2. The highest BCUT2D eigenvalue weighted by Gasteiger charge is 2.10. The van der Waals surface area contributed by atoms with Gasteiger partial charge in [0.2, 0.25) is 0 Å². The van der Waals surface area contributed by atoms with Crippen LogP contribution in [0.4, 0.5) is 4.79 Å². The van der Waals surface area contributed by atoms with Gasteiger partial charge >= 0.3 is 6.09 Å². The van der Waals surface area contributed by atoms with Gasteiger partial charge in [-0.2, -0.15) is 0 Å². The van der Waals surface area contributed by atoms with Crippen LogP contribution in [0.5, 0.6) is 5.75 Å². The van der Waals surface area contributed by atoms with Crippen LogP contribution in [0.3, 0.4) is 0 Å².